The van der Waals surface area contributed by atoms with Crippen LogP contribution in [0.15, 0.2) is 36.4 Å². The Hall–Kier alpha value is -1.13. The van der Waals surface area contributed by atoms with Crippen molar-refractivity contribution >= 4 is 79.2 Å². The van der Waals surface area contributed by atoms with Crippen LogP contribution in [-0.2, 0) is 0 Å². The Morgan fingerprint density at radius 1 is 1.20 bits per heavy atom. The molecule has 1 aromatic heterocycles. The van der Waals surface area contributed by atoms with Gasteiger partial charge in [-0.3, -0.25) is 9.69 Å². The number of aryl methyl sites for hydroxylation is 1. The molecule has 1 aliphatic heterocycles. The number of nitrogens with zero attached hydrogens (tertiary/aromatic N) is 3. The van der Waals surface area contributed by atoms with Crippen LogP contribution in [0, 0.1) is 10.5 Å². The van der Waals surface area contributed by atoms with E-state index in [9.17, 15) is 4.79 Å². The quantitative estimate of drug-likeness (QED) is 0.442. The topological polar surface area (TPSA) is 48.5 Å². The molecule has 2 aromatic carbocycles. The average Bonchev–Trinajstić information content (AvgIpc) is 3.18. The summed E-state index contributed by atoms with van der Waals surface area (Å²) in [5, 5.41) is 4.86. The molecule has 0 unspecified atom stereocenters. The summed E-state index contributed by atoms with van der Waals surface area (Å²) in [6.07, 6.45) is 0. The number of thiazole rings is 1. The Morgan fingerprint density at radius 2 is 1.93 bits per heavy atom. The number of piperazine rings is 1. The number of hydrogen-bond acceptors (Lipinski definition) is 5. The molecule has 0 bridgehead atoms. The van der Waals surface area contributed by atoms with Crippen molar-refractivity contribution in [3.05, 3.63) is 56.1 Å². The zero-order valence-electron chi connectivity index (χ0n) is 16.5. The predicted octanol–water partition coefficient (Wildman–Crippen LogP) is 4.84. The first-order valence-electron chi connectivity index (χ1n) is 9.58. The number of hydrogen-bond donors (Lipinski definition) is 1. The highest BCUT2D eigenvalue weighted by Crippen LogP contribution is 2.35. The van der Waals surface area contributed by atoms with E-state index in [1.54, 1.807) is 11.3 Å². The zero-order valence-corrected chi connectivity index (χ0v) is 21.1. The minimum atomic E-state index is -0.00430. The molecule has 5 nitrogen and oxygen atoms in total. The van der Waals surface area contributed by atoms with E-state index in [1.807, 2.05) is 36.4 Å². The Morgan fingerprint density at radius 3 is 2.63 bits per heavy atom. The van der Waals surface area contributed by atoms with E-state index in [0.717, 1.165) is 67.8 Å². The van der Waals surface area contributed by atoms with Crippen LogP contribution >= 0.6 is 57.9 Å². The molecular formula is C21H23Cl2IN4OS. The maximum Gasteiger partial charge on any atom is 0.252 e. The number of carbonyl (C=O) groups excluding carboxylic acids is 1. The number of amides is 1. The van der Waals surface area contributed by atoms with Gasteiger partial charge >= 0.3 is 0 Å². The Kier molecular flexibility index (Phi) is 8.20. The molecule has 1 fully saturated rings. The summed E-state index contributed by atoms with van der Waals surface area (Å²) in [5.41, 5.74) is 2.91. The SMILES string of the molecule is Cc1ccc(Cl)c2sc(N3CCN(CCNC(=O)c4ccccc4I)CC3)nc12.Cl. The lowest BCUT2D eigenvalue weighted by molar-refractivity contribution is 0.0947. The predicted molar refractivity (Wildman–Crippen MR) is 137 cm³/mol. The third-order valence-electron chi connectivity index (χ3n) is 5.16. The van der Waals surface area contributed by atoms with Gasteiger partial charge in [-0.1, -0.05) is 41.1 Å². The molecule has 3 aromatic rings. The number of nitrogens with one attached hydrogen (secondary N) is 1. The van der Waals surface area contributed by atoms with Crippen LogP contribution in [0.2, 0.25) is 5.02 Å². The number of aromatic nitrogens is 1. The van der Waals surface area contributed by atoms with Crippen LogP contribution in [0.5, 0.6) is 0 Å². The highest BCUT2D eigenvalue weighted by atomic mass is 127. The molecule has 9 heteroatoms. The molecule has 4 rings (SSSR count). The van der Waals surface area contributed by atoms with Crippen molar-refractivity contribution in [3.8, 4) is 0 Å². The van der Waals surface area contributed by atoms with Crippen LogP contribution in [0.25, 0.3) is 10.2 Å². The average molecular weight is 577 g/mol. The molecule has 1 aliphatic rings. The zero-order chi connectivity index (χ0) is 20.4. The molecule has 1 N–H and O–H groups in total. The number of carbonyl (C=O) groups is 1. The van der Waals surface area contributed by atoms with Crippen LogP contribution in [0.4, 0.5) is 5.13 Å². The van der Waals surface area contributed by atoms with Crippen LogP contribution in [0.3, 0.4) is 0 Å². The van der Waals surface area contributed by atoms with Gasteiger partial charge in [-0.05, 0) is 53.3 Å². The Balaban J connectivity index is 0.00000256. The van der Waals surface area contributed by atoms with Crippen molar-refractivity contribution in [2.75, 3.05) is 44.2 Å². The van der Waals surface area contributed by atoms with E-state index in [0.29, 0.717) is 6.54 Å². The van der Waals surface area contributed by atoms with Gasteiger partial charge in [0.1, 0.15) is 0 Å². The first kappa shape index (κ1) is 23.5. The van der Waals surface area contributed by atoms with Crippen LogP contribution < -0.4 is 10.2 Å². The highest BCUT2D eigenvalue weighted by molar-refractivity contribution is 14.1. The Bertz CT molecular complexity index is 998. The molecule has 0 spiro atoms. The molecule has 0 aliphatic carbocycles. The minimum Gasteiger partial charge on any atom is -0.351 e. The van der Waals surface area contributed by atoms with Gasteiger partial charge in [-0.2, -0.15) is 0 Å². The molecule has 0 radical (unpaired) electrons. The number of anilines is 1. The highest BCUT2D eigenvalue weighted by Gasteiger charge is 2.21. The lowest BCUT2D eigenvalue weighted by Gasteiger charge is -2.34. The smallest absolute Gasteiger partial charge is 0.252 e. The first-order chi connectivity index (χ1) is 14.0. The summed E-state index contributed by atoms with van der Waals surface area (Å²) in [7, 11) is 0. The number of rotatable bonds is 5. The summed E-state index contributed by atoms with van der Waals surface area (Å²) in [6, 6.07) is 11.6. The van der Waals surface area contributed by atoms with Crippen LogP contribution in [-0.4, -0.2) is 55.1 Å². The van der Waals surface area contributed by atoms with E-state index < -0.39 is 0 Å². The fourth-order valence-electron chi connectivity index (χ4n) is 3.46. The second-order valence-corrected chi connectivity index (χ2v) is 9.65. The van der Waals surface area contributed by atoms with E-state index in [-0.39, 0.29) is 18.3 Å². The van der Waals surface area contributed by atoms with E-state index in [2.05, 4.69) is 44.6 Å². The summed E-state index contributed by atoms with van der Waals surface area (Å²) < 4.78 is 2.05. The Labute approximate surface area is 205 Å². The normalized spacial score (nSPS) is 14.6. The molecular weight excluding hydrogens is 554 g/mol. The van der Waals surface area contributed by atoms with Crippen molar-refractivity contribution < 1.29 is 4.79 Å². The van der Waals surface area contributed by atoms with Gasteiger partial charge in [0.05, 0.1) is 20.8 Å². The van der Waals surface area contributed by atoms with Gasteiger partial charge < -0.3 is 10.2 Å². The van der Waals surface area contributed by atoms with Crippen molar-refractivity contribution in [1.29, 1.82) is 0 Å². The van der Waals surface area contributed by atoms with E-state index in [1.165, 1.54) is 0 Å². The van der Waals surface area contributed by atoms with Gasteiger partial charge in [0.25, 0.3) is 5.91 Å². The molecule has 1 saturated heterocycles. The third kappa shape index (κ3) is 5.19. The van der Waals surface area contributed by atoms with Crippen LogP contribution in [0.1, 0.15) is 15.9 Å². The summed E-state index contributed by atoms with van der Waals surface area (Å²) in [4.78, 5) is 21.9. The standard InChI is InChI=1S/C21H22ClIN4OS.ClH/c1-14-6-7-16(22)19-18(14)25-21(29-19)27-12-10-26(11-13-27)9-8-24-20(28)15-4-2-3-5-17(15)23;/h2-7H,8-13H2,1H3,(H,24,28);1H. The number of benzene rings is 2. The summed E-state index contributed by atoms with van der Waals surface area (Å²) >= 11 is 10.2. The van der Waals surface area contributed by atoms with Crippen molar-refractivity contribution in [3.63, 3.8) is 0 Å². The maximum absolute atomic E-state index is 12.3. The van der Waals surface area contributed by atoms with Gasteiger partial charge in [0.15, 0.2) is 5.13 Å². The van der Waals surface area contributed by atoms with Crippen molar-refractivity contribution in [2.24, 2.45) is 0 Å². The fourth-order valence-corrected chi connectivity index (χ4v) is 5.46. The lowest BCUT2D eigenvalue weighted by Crippen LogP contribution is -2.48. The molecule has 160 valence electrons. The van der Waals surface area contributed by atoms with E-state index in [4.69, 9.17) is 16.6 Å². The lowest BCUT2D eigenvalue weighted by atomic mass is 10.2. The third-order valence-corrected chi connectivity index (χ3v) is 7.68. The minimum absolute atomic E-state index is 0. The maximum atomic E-state index is 12.3. The van der Waals surface area contributed by atoms with Gasteiger partial charge in [-0.25, -0.2) is 4.98 Å². The summed E-state index contributed by atoms with van der Waals surface area (Å²) in [5.74, 6) is -0.00430. The fraction of sp³-hybridized carbons (Fsp3) is 0.333. The van der Waals surface area contributed by atoms with Crippen molar-refractivity contribution in [2.45, 2.75) is 6.92 Å². The molecule has 30 heavy (non-hydrogen) atoms. The van der Waals surface area contributed by atoms with Crippen molar-refractivity contribution in [1.82, 2.24) is 15.2 Å². The molecule has 0 saturated carbocycles. The molecule has 1 amide bonds. The second-order valence-electron chi connectivity index (χ2n) is 7.10. The number of halogens is 3. The number of fused-ring (bicyclic) bond motifs is 1. The van der Waals surface area contributed by atoms with E-state index >= 15 is 0 Å². The van der Waals surface area contributed by atoms with Gasteiger partial charge in [-0.15, -0.1) is 12.4 Å². The van der Waals surface area contributed by atoms with Gasteiger partial charge in [0.2, 0.25) is 0 Å². The summed E-state index contributed by atoms with van der Waals surface area (Å²) in [6.45, 7) is 7.36. The largest absolute Gasteiger partial charge is 0.351 e. The first-order valence-corrected chi connectivity index (χ1v) is 11.9. The molecule has 2 heterocycles. The monoisotopic (exact) mass is 576 g/mol. The molecule has 0 atom stereocenters. The second kappa shape index (κ2) is 10.5. The van der Waals surface area contributed by atoms with Gasteiger partial charge in [0, 0.05) is 42.8 Å².